The molecule has 0 bridgehead atoms. The Morgan fingerprint density at radius 1 is 1.52 bits per heavy atom. The van der Waals surface area contributed by atoms with Crippen molar-refractivity contribution in [3.63, 3.8) is 0 Å². The molecule has 0 saturated carbocycles. The summed E-state index contributed by atoms with van der Waals surface area (Å²) in [5.74, 6) is 0.0153. The number of aromatic amines is 1. The van der Waals surface area contributed by atoms with Gasteiger partial charge in [-0.25, -0.2) is 4.98 Å². The third kappa shape index (κ3) is 2.73. The van der Waals surface area contributed by atoms with E-state index in [9.17, 15) is 4.79 Å². The molecule has 112 valence electrons. The minimum absolute atomic E-state index is 0.0153. The highest BCUT2D eigenvalue weighted by atomic mass is 32.1. The number of hydrogen-bond acceptors (Lipinski definition) is 4. The minimum atomic E-state index is -0.280. The van der Waals surface area contributed by atoms with E-state index in [1.165, 1.54) is 0 Å². The average Bonchev–Trinajstić information content (AvgIpc) is 3.06. The number of nitrogens with one attached hydrogen (secondary N) is 1. The zero-order valence-electron chi connectivity index (χ0n) is 12.5. The van der Waals surface area contributed by atoms with Crippen molar-refractivity contribution in [2.75, 3.05) is 19.8 Å². The summed E-state index contributed by atoms with van der Waals surface area (Å²) in [6, 6.07) is 1.88. The van der Waals surface area contributed by atoms with Gasteiger partial charge in [-0.1, -0.05) is 0 Å². The second-order valence-corrected chi connectivity index (χ2v) is 6.94. The highest BCUT2D eigenvalue weighted by Gasteiger charge is 2.35. The molecular formula is C15H19N3O2S. The van der Waals surface area contributed by atoms with Gasteiger partial charge in [0, 0.05) is 23.7 Å². The van der Waals surface area contributed by atoms with Crippen LogP contribution >= 0.6 is 11.3 Å². The highest BCUT2D eigenvalue weighted by Crippen LogP contribution is 2.25. The van der Waals surface area contributed by atoms with E-state index < -0.39 is 0 Å². The number of ether oxygens (including phenoxy) is 1. The van der Waals surface area contributed by atoms with Crippen LogP contribution in [0, 0.1) is 6.92 Å². The van der Waals surface area contributed by atoms with E-state index in [1.807, 2.05) is 43.3 Å². The predicted octanol–water partition coefficient (Wildman–Crippen LogP) is 2.70. The lowest BCUT2D eigenvalue weighted by Crippen LogP contribution is -2.55. The first-order valence-corrected chi connectivity index (χ1v) is 7.86. The maximum atomic E-state index is 12.7. The van der Waals surface area contributed by atoms with Gasteiger partial charge >= 0.3 is 0 Å². The van der Waals surface area contributed by atoms with Crippen LogP contribution in [0.15, 0.2) is 17.6 Å². The van der Waals surface area contributed by atoms with Gasteiger partial charge in [0.1, 0.15) is 5.69 Å². The topological polar surface area (TPSA) is 58.2 Å². The number of aromatic nitrogens is 2. The van der Waals surface area contributed by atoms with Crippen molar-refractivity contribution in [1.82, 2.24) is 14.9 Å². The van der Waals surface area contributed by atoms with E-state index in [1.54, 1.807) is 11.3 Å². The molecule has 1 amide bonds. The van der Waals surface area contributed by atoms with E-state index in [0.717, 1.165) is 16.3 Å². The molecule has 21 heavy (non-hydrogen) atoms. The molecule has 0 spiro atoms. The van der Waals surface area contributed by atoms with Gasteiger partial charge in [-0.05, 0) is 26.8 Å². The van der Waals surface area contributed by atoms with Crippen LogP contribution in [0.3, 0.4) is 0 Å². The van der Waals surface area contributed by atoms with E-state index in [-0.39, 0.29) is 11.4 Å². The average molecular weight is 305 g/mol. The van der Waals surface area contributed by atoms with Gasteiger partial charge in [-0.3, -0.25) is 4.79 Å². The summed E-state index contributed by atoms with van der Waals surface area (Å²) in [5, 5.41) is 3.03. The molecule has 2 aromatic rings. The van der Waals surface area contributed by atoms with E-state index >= 15 is 0 Å². The number of H-pyrrole nitrogens is 1. The number of morpholine rings is 1. The van der Waals surface area contributed by atoms with Gasteiger partial charge in [-0.2, -0.15) is 0 Å². The van der Waals surface area contributed by atoms with Crippen molar-refractivity contribution in [3.05, 3.63) is 28.3 Å². The molecule has 1 aliphatic rings. The zero-order chi connectivity index (χ0) is 15.0. The fourth-order valence-electron chi connectivity index (χ4n) is 2.54. The Labute approximate surface area is 128 Å². The summed E-state index contributed by atoms with van der Waals surface area (Å²) >= 11 is 1.61. The normalized spacial score (nSPS) is 18.0. The molecule has 1 N–H and O–H groups in total. The Kier molecular flexibility index (Phi) is 3.59. The molecular weight excluding hydrogens is 286 g/mol. The fourth-order valence-corrected chi connectivity index (χ4v) is 3.16. The third-order valence-electron chi connectivity index (χ3n) is 3.72. The first-order valence-electron chi connectivity index (χ1n) is 6.98. The SMILES string of the molecule is Cc1nc(-c2c[nH]c(C(=O)N3CCOCC3(C)C)c2)cs1. The van der Waals surface area contributed by atoms with Gasteiger partial charge < -0.3 is 14.6 Å². The number of nitrogens with zero attached hydrogens (tertiary/aromatic N) is 2. The van der Waals surface area contributed by atoms with Crippen LogP contribution in [0.4, 0.5) is 0 Å². The number of amides is 1. The summed E-state index contributed by atoms with van der Waals surface area (Å²) in [6.07, 6.45) is 1.84. The number of carbonyl (C=O) groups is 1. The molecule has 0 aliphatic carbocycles. The lowest BCUT2D eigenvalue weighted by Gasteiger charge is -2.41. The molecule has 1 saturated heterocycles. The summed E-state index contributed by atoms with van der Waals surface area (Å²) in [5.41, 5.74) is 2.19. The molecule has 0 atom stereocenters. The van der Waals surface area contributed by atoms with Gasteiger partial charge in [0.2, 0.25) is 0 Å². The molecule has 1 aliphatic heterocycles. The number of thiazole rings is 1. The Balaban J connectivity index is 1.84. The molecule has 3 rings (SSSR count). The Hall–Kier alpha value is -1.66. The van der Waals surface area contributed by atoms with Crippen molar-refractivity contribution >= 4 is 17.2 Å². The van der Waals surface area contributed by atoms with Crippen molar-refractivity contribution in [2.24, 2.45) is 0 Å². The maximum absolute atomic E-state index is 12.7. The van der Waals surface area contributed by atoms with Crippen LogP contribution in [-0.4, -0.2) is 46.1 Å². The van der Waals surface area contributed by atoms with Gasteiger partial charge in [0.15, 0.2) is 0 Å². The molecule has 6 heteroatoms. The van der Waals surface area contributed by atoms with Crippen molar-refractivity contribution in [3.8, 4) is 11.3 Å². The van der Waals surface area contributed by atoms with Crippen molar-refractivity contribution in [1.29, 1.82) is 0 Å². The number of rotatable bonds is 2. The van der Waals surface area contributed by atoms with Gasteiger partial charge in [0.05, 0.1) is 29.5 Å². The van der Waals surface area contributed by atoms with Crippen LogP contribution in [0.25, 0.3) is 11.3 Å². The van der Waals surface area contributed by atoms with Crippen LogP contribution < -0.4 is 0 Å². The van der Waals surface area contributed by atoms with Crippen molar-refractivity contribution in [2.45, 2.75) is 26.3 Å². The Morgan fingerprint density at radius 2 is 2.33 bits per heavy atom. The lowest BCUT2D eigenvalue weighted by molar-refractivity contribution is -0.0372. The van der Waals surface area contributed by atoms with Crippen LogP contribution in [0.2, 0.25) is 0 Å². The zero-order valence-corrected chi connectivity index (χ0v) is 13.3. The smallest absolute Gasteiger partial charge is 0.270 e. The van der Waals surface area contributed by atoms with E-state index in [2.05, 4.69) is 9.97 Å². The molecule has 0 aromatic carbocycles. The molecule has 1 fully saturated rings. The van der Waals surface area contributed by atoms with Crippen molar-refractivity contribution < 1.29 is 9.53 Å². The monoisotopic (exact) mass is 305 g/mol. The van der Waals surface area contributed by atoms with Crippen LogP contribution in [0.5, 0.6) is 0 Å². The third-order valence-corrected chi connectivity index (χ3v) is 4.49. The summed E-state index contributed by atoms with van der Waals surface area (Å²) in [4.78, 5) is 22.1. The van der Waals surface area contributed by atoms with Crippen LogP contribution in [-0.2, 0) is 4.74 Å². The fraction of sp³-hybridized carbons (Fsp3) is 0.467. The van der Waals surface area contributed by atoms with Gasteiger partial charge in [-0.15, -0.1) is 11.3 Å². The number of carbonyl (C=O) groups excluding carboxylic acids is 1. The summed E-state index contributed by atoms with van der Waals surface area (Å²) in [6.45, 7) is 7.81. The van der Waals surface area contributed by atoms with Crippen LogP contribution in [0.1, 0.15) is 29.3 Å². The molecule has 2 aromatic heterocycles. The molecule has 5 nitrogen and oxygen atoms in total. The number of aryl methyl sites for hydroxylation is 1. The van der Waals surface area contributed by atoms with E-state index in [0.29, 0.717) is 25.5 Å². The second kappa shape index (κ2) is 5.27. The summed E-state index contributed by atoms with van der Waals surface area (Å²) in [7, 11) is 0. The molecule has 3 heterocycles. The maximum Gasteiger partial charge on any atom is 0.270 e. The second-order valence-electron chi connectivity index (χ2n) is 5.88. The minimum Gasteiger partial charge on any atom is -0.377 e. The Bertz CT molecular complexity index is 659. The largest absolute Gasteiger partial charge is 0.377 e. The first kappa shape index (κ1) is 14.3. The number of hydrogen-bond donors (Lipinski definition) is 1. The lowest BCUT2D eigenvalue weighted by atomic mass is 10.0. The summed E-state index contributed by atoms with van der Waals surface area (Å²) < 4.78 is 5.47. The predicted molar refractivity (Wildman–Crippen MR) is 82.6 cm³/mol. The molecule has 0 radical (unpaired) electrons. The first-order chi connectivity index (χ1) is 9.97. The standard InChI is InChI=1S/C15H19N3O2S/c1-10-17-13(8-21-10)11-6-12(16-7-11)14(19)18-4-5-20-9-15(18,2)3/h6-8,16H,4-5,9H2,1-3H3. The Morgan fingerprint density at radius 3 is 3.00 bits per heavy atom. The van der Waals surface area contributed by atoms with E-state index in [4.69, 9.17) is 4.74 Å². The van der Waals surface area contributed by atoms with Gasteiger partial charge in [0.25, 0.3) is 5.91 Å². The highest BCUT2D eigenvalue weighted by molar-refractivity contribution is 7.09. The quantitative estimate of drug-likeness (QED) is 0.928. The molecule has 0 unspecified atom stereocenters.